The van der Waals surface area contributed by atoms with Gasteiger partial charge in [-0.3, -0.25) is 0 Å². The molecule has 2 rings (SSSR count). The van der Waals surface area contributed by atoms with Gasteiger partial charge in [0.15, 0.2) is 0 Å². The number of fused-ring (bicyclic) bond motifs is 1. The van der Waals surface area contributed by atoms with Gasteiger partial charge in [-0.15, -0.1) is 11.6 Å². The molecule has 80 valence electrons. The lowest BCUT2D eigenvalue weighted by Gasteiger charge is -2.17. The Morgan fingerprint density at radius 1 is 1.40 bits per heavy atom. The van der Waals surface area contributed by atoms with E-state index >= 15 is 0 Å². The second-order valence-corrected chi connectivity index (χ2v) is 4.08. The van der Waals surface area contributed by atoms with Crippen LogP contribution in [-0.4, -0.2) is 23.8 Å². The standard InChI is InChI=1S/C11H14ClN3/c1-8-4-5-10-9(6-8)13-11(7-12)15(10)14(2)3/h4-6H,7H2,1-3H3. The Balaban J connectivity index is 2.74. The van der Waals surface area contributed by atoms with Crippen LogP contribution in [0.15, 0.2) is 18.2 Å². The molecule has 0 aliphatic carbocycles. The Hall–Kier alpha value is -1.22. The molecule has 2 aromatic rings. The second kappa shape index (κ2) is 3.74. The van der Waals surface area contributed by atoms with Gasteiger partial charge in [-0.1, -0.05) is 6.07 Å². The summed E-state index contributed by atoms with van der Waals surface area (Å²) in [5.41, 5.74) is 3.31. The summed E-state index contributed by atoms with van der Waals surface area (Å²) in [6, 6.07) is 6.24. The summed E-state index contributed by atoms with van der Waals surface area (Å²) < 4.78 is 2.03. The minimum atomic E-state index is 0.423. The lowest BCUT2D eigenvalue weighted by Crippen LogP contribution is -2.26. The van der Waals surface area contributed by atoms with E-state index in [9.17, 15) is 0 Å². The smallest absolute Gasteiger partial charge is 0.143 e. The van der Waals surface area contributed by atoms with Gasteiger partial charge in [0.2, 0.25) is 0 Å². The van der Waals surface area contributed by atoms with Crippen LogP contribution < -0.4 is 5.01 Å². The highest BCUT2D eigenvalue weighted by Crippen LogP contribution is 2.18. The summed E-state index contributed by atoms with van der Waals surface area (Å²) in [4.78, 5) is 4.50. The zero-order chi connectivity index (χ0) is 11.0. The van der Waals surface area contributed by atoms with Crippen molar-refractivity contribution >= 4 is 22.6 Å². The van der Waals surface area contributed by atoms with Crippen LogP contribution in [0.5, 0.6) is 0 Å². The number of alkyl halides is 1. The van der Waals surface area contributed by atoms with Gasteiger partial charge in [-0.05, 0) is 24.6 Å². The third-order valence-corrected chi connectivity index (χ3v) is 2.61. The average Bonchev–Trinajstić information content (AvgIpc) is 2.54. The van der Waals surface area contributed by atoms with Crippen LogP contribution in [-0.2, 0) is 5.88 Å². The van der Waals surface area contributed by atoms with Gasteiger partial charge < -0.3 is 5.01 Å². The summed E-state index contributed by atoms with van der Waals surface area (Å²) in [6.45, 7) is 2.06. The quantitative estimate of drug-likeness (QED) is 0.729. The molecule has 0 saturated carbocycles. The predicted octanol–water partition coefficient (Wildman–Crippen LogP) is 2.28. The van der Waals surface area contributed by atoms with Crippen molar-refractivity contribution in [3.8, 4) is 0 Å². The first-order valence-corrected chi connectivity index (χ1v) is 5.38. The first-order chi connectivity index (χ1) is 7.13. The molecular formula is C11H14ClN3. The lowest BCUT2D eigenvalue weighted by molar-refractivity contribution is 0.719. The fourth-order valence-electron chi connectivity index (χ4n) is 1.76. The predicted molar refractivity (Wildman–Crippen MR) is 64.1 cm³/mol. The lowest BCUT2D eigenvalue weighted by atomic mass is 10.2. The van der Waals surface area contributed by atoms with Crippen molar-refractivity contribution < 1.29 is 0 Å². The van der Waals surface area contributed by atoms with E-state index in [1.807, 2.05) is 23.8 Å². The highest BCUT2D eigenvalue weighted by molar-refractivity contribution is 6.16. The highest BCUT2D eigenvalue weighted by atomic mass is 35.5. The maximum atomic E-state index is 5.88. The maximum Gasteiger partial charge on any atom is 0.143 e. The maximum absolute atomic E-state index is 5.88. The second-order valence-electron chi connectivity index (χ2n) is 3.81. The number of hydrogen-bond donors (Lipinski definition) is 0. The Morgan fingerprint density at radius 3 is 2.73 bits per heavy atom. The number of hydrogen-bond acceptors (Lipinski definition) is 2. The van der Waals surface area contributed by atoms with Crippen LogP contribution in [0.3, 0.4) is 0 Å². The van der Waals surface area contributed by atoms with E-state index in [1.54, 1.807) is 0 Å². The van der Waals surface area contributed by atoms with E-state index in [4.69, 9.17) is 11.6 Å². The molecule has 1 heterocycles. The third-order valence-electron chi connectivity index (χ3n) is 2.37. The topological polar surface area (TPSA) is 21.1 Å². The van der Waals surface area contributed by atoms with Crippen molar-refractivity contribution in [2.24, 2.45) is 0 Å². The van der Waals surface area contributed by atoms with Crippen LogP contribution in [0.4, 0.5) is 0 Å². The zero-order valence-electron chi connectivity index (χ0n) is 9.16. The summed E-state index contributed by atoms with van der Waals surface area (Å²) in [6.07, 6.45) is 0. The van der Waals surface area contributed by atoms with E-state index in [-0.39, 0.29) is 0 Å². The van der Waals surface area contributed by atoms with Crippen molar-refractivity contribution in [1.82, 2.24) is 9.66 Å². The van der Waals surface area contributed by atoms with Gasteiger partial charge in [0, 0.05) is 14.1 Å². The number of halogens is 1. The van der Waals surface area contributed by atoms with Crippen LogP contribution in [0.1, 0.15) is 11.4 Å². The summed E-state index contributed by atoms with van der Waals surface area (Å²) in [5, 5.41) is 1.99. The zero-order valence-corrected chi connectivity index (χ0v) is 9.91. The summed E-state index contributed by atoms with van der Waals surface area (Å²) in [7, 11) is 3.97. The van der Waals surface area contributed by atoms with Gasteiger partial charge in [-0.25, -0.2) is 9.66 Å². The third kappa shape index (κ3) is 1.67. The first-order valence-electron chi connectivity index (χ1n) is 4.85. The molecule has 0 saturated heterocycles. The van der Waals surface area contributed by atoms with E-state index in [1.165, 1.54) is 5.56 Å². The van der Waals surface area contributed by atoms with Crippen LogP contribution in [0, 0.1) is 6.92 Å². The van der Waals surface area contributed by atoms with Crippen molar-refractivity contribution in [1.29, 1.82) is 0 Å². The molecule has 4 heteroatoms. The van der Waals surface area contributed by atoms with Crippen LogP contribution in [0.25, 0.3) is 11.0 Å². The average molecular weight is 224 g/mol. The summed E-state index contributed by atoms with van der Waals surface area (Å²) >= 11 is 5.88. The molecule has 0 unspecified atom stereocenters. The van der Waals surface area contributed by atoms with Crippen molar-refractivity contribution in [3.63, 3.8) is 0 Å². The monoisotopic (exact) mass is 223 g/mol. The molecule has 0 spiro atoms. The van der Waals surface area contributed by atoms with Crippen molar-refractivity contribution in [2.45, 2.75) is 12.8 Å². The van der Waals surface area contributed by atoms with Crippen molar-refractivity contribution in [2.75, 3.05) is 19.1 Å². The van der Waals surface area contributed by atoms with E-state index < -0.39 is 0 Å². The molecular weight excluding hydrogens is 210 g/mol. The molecule has 0 aliphatic rings. The molecule has 1 aromatic heterocycles. The first kappa shape index (κ1) is 10.3. The van der Waals surface area contributed by atoms with E-state index in [0.29, 0.717) is 5.88 Å². The van der Waals surface area contributed by atoms with Crippen LogP contribution in [0.2, 0.25) is 0 Å². The SMILES string of the molecule is Cc1ccc2c(c1)nc(CCl)n2N(C)C. The number of rotatable bonds is 2. The molecule has 0 amide bonds. The van der Waals surface area contributed by atoms with E-state index in [2.05, 4.69) is 30.1 Å². The van der Waals surface area contributed by atoms with Crippen LogP contribution >= 0.6 is 11.6 Å². The minimum absolute atomic E-state index is 0.423. The number of aromatic nitrogens is 2. The van der Waals surface area contributed by atoms with Gasteiger partial charge >= 0.3 is 0 Å². The van der Waals surface area contributed by atoms with Gasteiger partial charge in [0.25, 0.3) is 0 Å². The molecule has 0 aliphatic heterocycles. The number of aryl methyl sites for hydroxylation is 1. The molecule has 0 N–H and O–H groups in total. The summed E-state index contributed by atoms with van der Waals surface area (Å²) in [5.74, 6) is 1.30. The van der Waals surface area contributed by atoms with Gasteiger partial charge in [-0.2, -0.15) is 0 Å². The fourth-order valence-corrected chi connectivity index (χ4v) is 1.93. The number of imidazole rings is 1. The van der Waals surface area contributed by atoms with Gasteiger partial charge in [0.1, 0.15) is 5.82 Å². The molecule has 15 heavy (non-hydrogen) atoms. The molecule has 0 fully saturated rings. The molecule has 1 aromatic carbocycles. The molecule has 0 atom stereocenters. The van der Waals surface area contributed by atoms with Gasteiger partial charge in [0.05, 0.1) is 16.9 Å². The number of benzene rings is 1. The highest BCUT2D eigenvalue weighted by Gasteiger charge is 2.10. The normalized spacial score (nSPS) is 10.9. The van der Waals surface area contributed by atoms with Crippen molar-refractivity contribution in [3.05, 3.63) is 29.6 Å². The number of nitrogens with zero attached hydrogens (tertiary/aromatic N) is 3. The Bertz CT molecular complexity index is 488. The molecule has 3 nitrogen and oxygen atoms in total. The molecule has 0 radical (unpaired) electrons. The fraction of sp³-hybridized carbons (Fsp3) is 0.364. The Labute approximate surface area is 94.2 Å². The molecule has 0 bridgehead atoms. The Morgan fingerprint density at radius 2 is 2.13 bits per heavy atom. The minimum Gasteiger partial charge on any atom is -0.317 e. The largest absolute Gasteiger partial charge is 0.317 e. The van der Waals surface area contributed by atoms with E-state index in [0.717, 1.165) is 16.9 Å². The Kier molecular flexibility index (Phi) is 2.57.